The molecule has 0 radical (unpaired) electrons. The summed E-state index contributed by atoms with van der Waals surface area (Å²) in [7, 11) is -2.51. The molecule has 30 heavy (non-hydrogen) atoms. The van der Waals surface area contributed by atoms with E-state index in [-0.39, 0.29) is 16.2 Å². The van der Waals surface area contributed by atoms with E-state index in [0.29, 0.717) is 31.8 Å². The number of rotatable bonds is 5. The Morgan fingerprint density at radius 1 is 1.23 bits per heavy atom. The number of nitrogens with one attached hydrogen (secondary N) is 1. The van der Waals surface area contributed by atoms with Crippen molar-refractivity contribution in [1.29, 1.82) is 0 Å². The summed E-state index contributed by atoms with van der Waals surface area (Å²) in [5, 5.41) is 5.96. The molecule has 1 aromatic carbocycles. The fourth-order valence-corrected chi connectivity index (χ4v) is 4.98. The molecule has 1 aliphatic rings. The first kappa shape index (κ1) is 22.3. The first-order valence-electron chi connectivity index (χ1n) is 9.47. The summed E-state index contributed by atoms with van der Waals surface area (Å²) in [4.78, 5) is 12.7. The molecule has 7 nitrogen and oxygen atoms in total. The zero-order valence-corrected chi connectivity index (χ0v) is 17.4. The average molecular weight is 444 g/mol. The van der Waals surface area contributed by atoms with Gasteiger partial charge in [0.05, 0.1) is 11.1 Å². The Morgan fingerprint density at radius 2 is 1.87 bits per heavy atom. The number of aryl methyl sites for hydroxylation is 1. The van der Waals surface area contributed by atoms with Crippen molar-refractivity contribution in [2.45, 2.75) is 37.5 Å². The molecule has 0 aliphatic carbocycles. The van der Waals surface area contributed by atoms with Crippen LogP contribution in [0.25, 0.3) is 0 Å². The molecule has 1 amide bonds. The number of alkyl halides is 3. The molecule has 0 atom stereocenters. The molecule has 0 unspecified atom stereocenters. The van der Waals surface area contributed by atoms with E-state index in [1.165, 1.54) is 40.4 Å². The van der Waals surface area contributed by atoms with Gasteiger partial charge in [0, 0.05) is 32.9 Å². The van der Waals surface area contributed by atoms with Crippen molar-refractivity contribution >= 4 is 15.9 Å². The Balaban J connectivity index is 1.82. The van der Waals surface area contributed by atoms with Crippen LogP contribution in [0.2, 0.25) is 0 Å². The lowest BCUT2D eigenvalue weighted by molar-refractivity contribution is -0.138. The number of aromatic nitrogens is 2. The Kier molecular flexibility index (Phi) is 6.23. The van der Waals surface area contributed by atoms with Crippen molar-refractivity contribution in [3.8, 4) is 0 Å². The lowest BCUT2D eigenvalue weighted by Gasteiger charge is -2.28. The van der Waals surface area contributed by atoms with Crippen LogP contribution >= 0.6 is 0 Å². The van der Waals surface area contributed by atoms with Crippen LogP contribution in [-0.2, 0) is 29.8 Å². The summed E-state index contributed by atoms with van der Waals surface area (Å²) in [5.41, 5.74) is -1.16. The summed E-state index contributed by atoms with van der Waals surface area (Å²) < 4.78 is 68.0. The second-order valence-electron chi connectivity index (χ2n) is 7.45. The minimum absolute atomic E-state index is 0.114. The van der Waals surface area contributed by atoms with Gasteiger partial charge in [-0.2, -0.15) is 22.6 Å². The fourth-order valence-electron chi connectivity index (χ4n) is 3.38. The molecule has 1 N–H and O–H groups in total. The summed E-state index contributed by atoms with van der Waals surface area (Å²) in [5.74, 6) is -0.388. The maximum Gasteiger partial charge on any atom is 0.416 e. The number of halogens is 3. The number of hydrogen-bond donors (Lipinski definition) is 1. The molecule has 164 valence electrons. The number of piperidine rings is 1. The maximum absolute atomic E-state index is 13.1. The van der Waals surface area contributed by atoms with E-state index in [4.69, 9.17) is 0 Å². The SMILES string of the molecule is CC1CCN(S(=O)(=O)c2nn(C)cc2C(=O)NCc2ccccc2C(F)(F)F)CC1. The van der Waals surface area contributed by atoms with E-state index < -0.39 is 34.2 Å². The zero-order valence-electron chi connectivity index (χ0n) is 16.6. The highest BCUT2D eigenvalue weighted by molar-refractivity contribution is 7.89. The van der Waals surface area contributed by atoms with E-state index in [1.54, 1.807) is 0 Å². The van der Waals surface area contributed by atoms with Gasteiger partial charge in [-0.3, -0.25) is 9.48 Å². The molecule has 0 spiro atoms. The second-order valence-corrected chi connectivity index (χ2v) is 9.30. The van der Waals surface area contributed by atoms with Crippen LogP contribution < -0.4 is 5.32 Å². The molecule has 2 aromatic rings. The van der Waals surface area contributed by atoms with Crippen LogP contribution in [-0.4, -0.2) is 41.5 Å². The Hall–Kier alpha value is -2.40. The third-order valence-electron chi connectivity index (χ3n) is 5.13. The molecular weight excluding hydrogens is 421 g/mol. The van der Waals surface area contributed by atoms with Crippen LogP contribution in [0.4, 0.5) is 13.2 Å². The highest BCUT2D eigenvalue weighted by Crippen LogP contribution is 2.32. The standard InChI is InChI=1S/C19H23F3N4O3S/c1-13-7-9-26(10-8-13)30(28,29)18-15(12-25(2)24-18)17(27)23-11-14-5-3-4-6-16(14)19(20,21)22/h3-6,12-13H,7-11H2,1-2H3,(H,23,27). The number of hydrogen-bond acceptors (Lipinski definition) is 4. The van der Waals surface area contributed by atoms with Crippen molar-refractivity contribution in [3.63, 3.8) is 0 Å². The molecule has 1 aromatic heterocycles. The van der Waals surface area contributed by atoms with Crippen molar-refractivity contribution in [1.82, 2.24) is 19.4 Å². The number of carbonyl (C=O) groups is 1. The third kappa shape index (κ3) is 4.67. The number of carbonyl (C=O) groups excluding carboxylic acids is 1. The minimum atomic E-state index is -4.56. The molecule has 1 fully saturated rings. The smallest absolute Gasteiger partial charge is 0.348 e. The third-order valence-corrected chi connectivity index (χ3v) is 6.96. The van der Waals surface area contributed by atoms with E-state index in [0.717, 1.165) is 6.07 Å². The lowest BCUT2D eigenvalue weighted by atomic mass is 10.0. The molecule has 0 bridgehead atoms. The molecule has 1 saturated heterocycles. The molecule has 1 aliphatic heterocycles. The number of sulfonamides is 1. The van der Waals surface area contributed by atoms with Crippen molar-refractivity contribution < 1.29 is 26.4 Å². The topological polar surface area (TPSA) is 84.3 Å². The van der Waals surface area contributed by atoms with Crippen LogP contribution in [0, 0.1) is 5.92 Å². The van der Waals surface area contributed by atoms with Gasteiger partial charge in [0.1, 0.15) is 0 Å². The quantitative estimate of drug-likeness (QED) is 0.769. The highest BCUT2D eigenvalue weighted by Gasteiger charge is 2.35. The highest BCUT2D eigenvalue weighted by atomic mass is 32.2. The lowest BCUT2D eigenvalue weighted by Crippen LogP contribution is -2.39. The van der Waals surface area contributed by atoms with Gasteiger partial charge in [-0.05, 0) is 30.4 Å². The first-order chi connectivity index (χ1) is 14.0. The molecular formula is C19H23F3N4O3S. The monoisotopic (exact) mass is 444 g/mol. The van der Waals surface area contributed by atoms with Crippen LogP contribution in [0.5, 0.6) is 0 Å². The van der Waals surface area contributed by atoms with Crippen molar-refractivity contribution in [2.75, 3.05) is 13.1 Å². The van der Waals surface area contributed by atoms with Gasteiger partial charge in [-0.15, -0.1) is 0 Å². The van der Waals surface area contributed by atoms with Crippen LogP contribution in [0.1, 0.15) is 41.3 Å². The summed E-state index contributed by atoms with van der Waals surface area (Å²) >= 11 is 0. The van der Waals surface area contributed by atoms with Gasteiger partial charge in [0.2, 0.25) is 5.03 Å². The summed E-state index contributed by atoms with van der Waals surface area (Å²) in [6.07, 6.45) is -1.89. The van der Waals surface area contributed by atoms with E-state index in [1.807, 2.05) is 6.92 Å². The Labute approximate surface area is 172 Å². The van der Waals surface area contributed by atoms with Crippen molar-refractivity contribution in [2.24, 2.45) is 13.0 Å². The summed E-state index contributed by atoms with van der Waals surface area (Å²) in [6.45, 7) is 2.31. The molecule has 3 rings (SSSR count). The number of nitrogens with zero attached hydrogens (tertiary/aromatic N) is 3. The molecule has 2 heterocycles. The normalized spacial score (nSPS) is 16.6. The number of amides is 1. The van der Waals surface area contributed by atoms with Gasteiger partial charge in [-0.1, -0.05) is 25.1 Å². The van der Waals surface area contributed by atoms with Gasteiger partial charge >= 0.3 is 6.18 Å². The van der Waals surface area contributed by atoms with E-state index in [9.17, 15) is 26.4 Å². The fraction of sp³-hybridized carbons (Fsp3) is 0.474. The Bertz CT molecular complexity index is 1030. The van der Waals surface area contributed by atoms with Gasteiger partial charge < -0.3 is 5.32 Å². The van der Waals surface area contributed by atoms with Gasteiger partial charge in [-0.25, -0.2) is 8.42 Å². The maximum atomic E-state index is 13.1. The van der Waals surface area contributed by atoms with Crippen LogP contribution in [0.3, 0.4) is 0 Å². The average Bonchev–Trinajstić information content (AvgIpc) is 3.09. The van der Waals surface area contributed by atoms with E-state index in [2.05, 4.69) is 10.4 Å². The number of benzene rings is 1. The second kappa shape index (κ2) is 8.38. The molecule has 0 saturated carbocycles. The Morgan fingerprint density at radius 3 is 2.50 bits per heavy atom. The van der Waals surface area contributed by atoms with Crippen molar-refractivity contribution in [3.05, 3.63) is 47.2 Å². The summed E-state index contributed by atoms with van der Waals surface area (Å²) in [6, 6.07) is 4.89. The van der Waals surface area contributed by atoms with Gasteiger partial charge in [0.25, 0.3) is 15.9 Å². The minimum Gasteiger partial charge on any atom is -0.348 e. The largest absolute Gasteiger partial charge is 0.416 e. The predicted molar refractivity (Wildman–Crippen MR) is 103 cm³/mol. The van der Waals surface area contributed by atoms with E-state index >= 15 is 0 Å². The first-order valence-corrected chi connectivity index (χ1v) is 10.9. The van der Waals surface area contributed by atoms with Crippen LogP contribution in [0.15, 0.2) is 35.5 Å². The predicted octanol–water partition coefficient (Wildman–Crippen LogP) is 2.79. The zero-order chi connectivity index (χ0) is 22.1. The molecule has 11 heteroatoms. The van der Waals surface area contributed by atoms with Gasteiger partial charge in [0.15, 0.2) is 0 Å².